The SMILES string of the molecule is O=S(=O)(O)c1cc(C=Cc2ccc(N=C=S)c(S(=O)(=O)O)c2)ccc1N=C=S. The van der Waals surface area contributed by atoms with E-state index in [0.29, 0.717) is 11.1 Å². The van der Waals surface area contributed by atoms with Crippen molar-refractivity contribution in [2.24, 2.45) is 9.98 Å². The standard InChI is InChI=1S/C16H10N2O6S4/c19-27(20,21)15-7-11(3-5-13(15)17-9-25)1-2-12-4-6-14(18-10-26)16(8-12)28(22,23)24/h1-8H,(H,19,20,21)(H,22,23,24). The van der Waals surface area contributed by atoms with Crippen molar-refractivity contribution >= 4 is 78.5 Å². The highest BCUT2D eigenvalue weighted by atomic mass is 32.2. The molecule has 0 aliphatic rings. The van der Waals surface area contributed by atoms with Gasteiger partial charge in [0.1, 0.15) is 9.79 Å². The van der Waals surface area contributed by atoms with E-state index in [4.69, 9.17) is 0 Å². The fraction of sp³-hybridized carbons (Fsp3) is 0. The van der Waals surface area contributed by atoms with Gasteiger partial charge in [-0.1, -0.05) is 24.3 Å². The minimum absolute atomic E-state index is 0.0781. The number of aliphatic imine (C=N–C) groups is 2. The average Bonchev–Trinajstić information content (AvgIpc) is 2.60. The van der Waals surface area contributed by atoms with Gasteiger partial charge in [-0.05, 0) is 59.8 Å². The summed E-state index contributed by atoms with van der Waals surface area (Å²) in [4.78, 5) is 6.24. The number of benzene rings is 2. The molecule has 8 nitrogen and oxygen atoms in total. The molecule has 0 heterocycles. The highest BCUT2D eigenvalue weighted by Gasteiger charge is 2.17. The molecule has 0 aromatic heterocycles. The van der Waals surface area contributed by atoms with Gasteiger partial charge >= 0.3 is 0 Å². The van der Waals surface area contributed by atoms with E-state index in [1.54, 1.807) is 0 Å². The van der Waals surface area contributed by atoms with E-state index in [0.717, 1.165) is 12.1 Å². The van der Waals surface area contributed by atoms with Crippen molar-refractivity contribution in [3.05, 3.63) is 47.5 Å². The summed E-state index contributed by atoms with van der Waals surface area (Å²) < 4.78 is 64.6. The molecule has 28 heavy (non-hydrogen) atoms. The van der Waals surface area contributed by atoms with E-state index in [1.807, 2.05) is 10.3 Å². The molecule has 12 heteroatoms. The van der Waals surface area contributed by atoms with Crippen LogP contribution in [0.2, 0.25) is 0 Å². The zero-order valence-corrected chi connectivity index (χ0v) is 16.9. The average molecular weight is 455 g/mol. The molecule has 0 saturated carbocycles. The third-order valence-electron chi connectivity index (χ3n) is 3.32. The summed E-state index contributed by atoms with van der Waals surface area (Å²) in [6, 6.07) is 7.97. The summed E-state index contributed by atoms with van der Waals surface area (Å²) in [6.07, 6.45) is 2.93. The van der Waals surface area contributed by atoms with Gasteiger partial charge < -0.3 is 0 Å². The molecule has 0 fully saturated rings. The van der Waals surface area contributed by atoms with E-state index < -0.39 is 30.0 Å². The van der Waals surface area contributed by atoms with Crippen LogP contribution in [0.3, 0.4) is 0 Å². The normalized spacial score (nSPS) is 11.6. The number of rotatable bonds is 6. The molecule has 0 radical (unpaired) electrons. The lowest BCUT2D eigenvalue weighted by molar-refractivity contribution is 0.481. The molecule has 2 aromatic rings. The van der Waals surface area contributed by atoms with Gasteiger partial charge in [-0.3, -0.25) is 9.11 Å². The molecule has 0 unspecified atom stereocenters. The van der Waals surface area contributed by atoms with Crippen LogP contribution in [0.25, 0.3) is 12.2 Å². The van der Waals surface area contributed by atoms with Crippen molar-refractivity contribution in [2.75, 3.05) is 0 Å². The minimum atomic E-state index is -4.55. The molecule has 2 aromatic carbocycles. The molecule has 2 N–H and O–H groups in total. The van der Waals surface area contributed by atoms with Gasteiger partial charge in [-0.2, -0.15) is 26.8 Å². The molecule has 0 aliphatic carbocycles. The van der Waals surface area contributed by atoms with Crippen LogP contribution < -0.4 is 0 Å². The molecule has 0 bridgehead atoms. The van der Waals surface area contributed by atoms with E-state index >= 15 is 0 Å². The molecule has 0 spiro atoms. The fourth-order valence-corrected chi connectivity index (χ4v) is 3.68. The predicted octanol–water partition coefficient (Wildman–Crippen LogP) is 3.82. The Bertz CT molecular complexity index is 1170. The minimum Gasteiger partial charge on any atom is -0.282 e. The molecule has 2 rings (SSSR count). The first kappa shape index (κ1) is 21.9. The highest BCUT2D eigenvalue weighted by molar-refractivity contribution is 7.86. The Balaban J connectivity index is 2.52. The van der Waals surface area contributed by atoms with Crippen molar-refractivity contribution in [3.63, 3.8) is 0 Å². The third-order valence-corrected chi connectivity index (χ3v) is 5.27. The summed E-state index contributed by atoms with van der Waals surface area (Å²) in [5.74, 6) is 0. The maximum atomic E-state index is 11.5. The van der Waals surface area contributed by atoms with Crippen molar-refractivity contribution in [1.82, 2.24) is 0 Å². The Morgan fingerprint density at radius 1 is 0.750 bits per heavy atom. The number of hydrogen-bond donors (Lipinski definition) is 2. The van der Waals surface area contributed by atoms with Gasteiger partial charge in [0.25, 0.3) is 20.2 Å². The van der Waals surface area contributed by atoms with Crippen LogP contribution in [0.4, 0.5) is 11.4 Å². The van der Waals surface area contributed by atoms with Crippen molar-refractivity contribution in [1.29, 1.82) is 0 Å². The Labute approximate surface area is 171 Å². The largest absolute Gasteiger partial charge is 0.296 e. The lowest BCUT2D eigenvalue weighted by Crippen LogP contribution is -1.99. The van der Waals surface area contributed by atoms with Crippen LogP contribution in [-0.4, -0.2) is 36.3 Å². The summed E-state index contributed by atoms with van der Waals surface area (Å²) in [5, 5.41) is 4.05. The highest BCUT2D eigenvalue weighted by Crippen LogP contribution is 2.28. The van der Waals surface area contributed by atoms with Crippen molar-refractivity contribution in [3.8, 4) is 0 Å². The monoisotopic (exact) mass is 454 g/mol. The summed E-state index contributed by atoms with van der Waals surface area (Å²) in [6.45, 7) is 0. The molecular formula is C16H10N2O6S4. The second kappa shape index (κ2) is 8.74. The maximum absolute atomic E-state index is 11.5. The van der Waals surface area contributed by atoms with Crippen LogP contribution >= 0.6 is 24.4 Å². The van der Waals surface area contributed by atoms with Gasteiger partial charge in [0, 0.05) is 0 Å². The first-order valence-corrected chi connectivity index (χ1v) is 10.8. The molecule has 0 aliphatic heterocycles. The van der Waals surface area contributed by atoms with Crippen molar-refractivity contribution in [2.45, 2.75) is 9.79 Å². The van der Waals surface area contributed by atoms with Gasteiger partial charge in [-0.25, -0.2) is 0 Å². The molecular weight excluding hydrogens is 444 g/mol. The predicted molar refractivity (Wildman–Crippen MR) is 111 cm³/mol. The first-order chi connectivity index (χ1) is 13.1. The van der Waals surface area contributed by atoms with Crippen LogP contribution in [0.1, 0.15) is 11.1 Å². The van der Waals surface area contributed by atoms with Crippen LogP contribution in [0, 0.1) is 0 Å². The number of nitrogens with zero attached hydrogens (tertiary/aromatic N) is 2. The Kier molecular flexibility index (Phi) is 6.83. The van der Waals surface area contributed by atoms with Crippen LogP contribution in [-0.2, 0) is 20.2 Å². The Morgan fingerprint density at radius 2 is 1.11 bits per heavy atom. The number of isothiocyanates is 2. The number of hydrogen-bond acceptors (Lipinski definition) is 8. The maximum Gasteiger partial charge on any atom is 0.296 e. The van der Waals surface area contributed by atoms with Crippen molar-refractivity contribution < 1.29 is 25.9 Å². The zero-order chi connectivity index (χ0) is 20.9. The first-order valence-electron chi connectivity index (χ1n) is 7.13. The zero-order valence-electron chi connectivity index (χ0n) is 13.7. The lowest BCUT2D eigenvalue weighted by Gasteiger charge is -2.04. The van der Waals surface area contributed by atoms with E-state index in [9.17, 15) is 25.9 Å². The van der Waals surface area contributed by atoms with E-state index in [2.05, 4.69) is 34.4 Å². The topological polar surface area (TPSA) is 133 Å². The van der Waals surface area contributed by atoms with E-state index in [1.165, 1.54) is 36.4 Å². The second-order valence-electron chi connectivity index (χ2n) is 5.14. The third kappa shape index (κ3) is 5.55. The van der Waals surface area contributed by atoms with Gasteiger partial charge in [0.2, 0.25) is 0 Å². The van der Waals surface area contributed by atoms with E-state index in [-0.39, 0.29) is 11.4 Å². The quantitative estimate of drug-likeness (QED) is 0.291. The van der Waals surface area contributed by atoms with Gasteiger partial charge in [0.15, 0.2) is 0 Å². The summed E-state index contributed by atoms with van der Waals surface area (Å²) in [7, 11) is -9.11. The van der Waals surface area contributed by atoms with Crippen LogP contribution in [0.5, 0.6) is 0 Å². The lowest BCUT2D eigenvalue weighted by atomic mass is 10.1. The van der Waals surface area contributed by atoms with Gasteiger partial charge in [-0.15, -0.1) is 0 Å². The summed E-state index contributed by atoms with van der Waals surface area (Å²) >= 11 is 8.88. The fourth-order valence-electron chi connectivity index (χ4n) is 2.16. The Hall–Kier alpha value is -2.40. The molecule has 144 valence electrons. The molecule has 0 atom stereocenters. The smallest absolute Gasteiger partial charge is 0.282 e. The number of thiocarbonyl (C=S) groups is 2. The summed E-state index contributed by atoms with van der Waals surface area (Å²) in [5.41, 5.74) is 0.576. The molecule has 0 saturated heterocycles. The second-order valence-corrected chi connectivity index (χ2v) is 8.29. The Morgan fingerprint density at radius 3 is 1.39 bits per heavy atom. The molecule has 0 amide bonds. The van der Waals surface area contributed by atoms with Gasteiger partial charge in [0.05, 0.1) is 21.7 Å². The van der Waals surface area contributed by atoms with Crippen LogP contribution in [0.15, 0.2) is 56.2 Å².